The smallest absolute Gasteiger partial charge is 0.174 e. The Morgan fingerprint density at radius 2 is 1.83 bits per heavy atom. The van der Waals surface area contributed by atoms with Gasteiger partial charge in [0.05, 0.1) is 11.9 Å². The van der Waals surface area contributed by atoms with E-state index in [1.54, 1.807) is 12.1 Å². The van der Waals surface area contributed by atoms with Crippen LogP contribution in [0.5, 0.6) is 0 Å². The molecule has 0 radical (unpaired) electrons. The van der Waals surface area contributed by atoms with Gasteiger partial charge in [-0.1, -0.05) is 0 Å². The summed E-state index contributed by atoms with van der Waals surface area (Å²) in [4.78, 5) is 16.1. The van der Waals surface area contributed by atoms with Gasteiger partial charge in [0.2, 0.25) is 0 Å². The highest BCUT2D eigenvalue weighted by molar-refractivity contribution is 8.00. The minimum absolute atomic E-state index is 0.163. The van der Waals surface area contributed by atoms with Gasteiger partial charge in [0.25, 0.3) is 0 Å². The van der Waals surface area contributed by atoms with Crippen molar-refractivity contribution in [3.8, 4) is 0 Å². The molecule has 0 bridgehead atoms. The highest BCUT2D eigenvalue weighted by Gasteiger charge is 2.08. The van der Waals surface area contributed by atoms with Crippen molar-refractivity contribution < 1.29 is 13.6 Å². The normalized spacial score (nSPS) is 10.3. The second kappa shape index (κ2) is 5.73. The predicted octanol–water partition coefficient (Wildman–Crippen LogP) is 3.33. The van der Waals surface area contributed by atoms with Gasteiger partial charge in [-0.25, -0.2) is 8.78 Å². The number of halogens is 2. The van der Waals surface area contributed by atoms with Crippen molar-refractivity contribution >= 4 is 17.5 Å². The molecule has 0 aliphatic rings. The highest BCUT2D eigenvalue weighted by atomic mass is 32.2. The molecule has 0 aliphatic heterocycles. The van der Waals surface area contributed by atoms with Gasteiger partial charge in [0.1, 0.15) is 11.6 Å². The van der Waals surface area contributed by atoms with Gasteiger partial charge in [0.15, 0.2) is 5.78 Å². The first kappa shape index (κ1) is 12.7. The molecule has 0 unspecified atom stereocenters. The number of benzene rings is 1. The maximum atomic E-state index is 12.9. The molecular formula is C13H9F2NOS. The van der Waals surface area contributed by atoms with Gasteiger partial charge >= 0.3 is 0 Å². The van der Waals surface area contributed by atoms with Crippen molar-refractivity contribution in [2.24, 2.45) is 0 Å². The molecule has 18 heavy (non-hydrogen) atoms. The van der Waals surface area contributed by atoms with Gasteiger partial charge < -0.3 is 0 Å². The van der Waals surface area contributed by atoms with Crippen LogP contribution in [0.4, 0.5) is 8.78 Å². The highest BCUT2D eigenvalue weighted by Crippen LogP contribution is 2.19. The maximum Gasteiger partial charge on any atom is 0.174 e. The number of carbonyl (C=O) groups is 1. The van der Waals surface area contributed by atoms with E-state index in [1.807, 2.05) is 0 Å². The SMILES string of the molecule is O=C(CSc1ccc(F)cc1)c1cncc(F)c1. The predicted molar refractivity (Wildman–Crippen MR) is 65.6 cm³/mol. The lowest BCUT2D eigenvalue weighted by Crippen LogP contribution is -2.03. The van der Waals surface area contributed by atoms with Crippen LogP contribution in [0, 0.1) is 11.6 Å². The van der Waals surface area contributed by atoms with Gasteiger partial charge in [-0.3, -0.25) is 9.78 Å². The molecule has 2 rings (SSSR count). The van der Waals surface area contributed by atoms with E-state index in [0.29, 0.717) is 0 Å². The van der Waals surface area contributed by atoms with Crippen LogP contribution in [0.3, 0.4) is 0 Å². The van der Waals surface area contributed by atoms with E-state index in [9.17, 15) is 13.6 Å². The van der Waals surface area contributed by atoms with E-state index in [4.69, 9.17) is 0 Å². The summed E-state index contributed by atoms with van der Waals surface area (Å²) in [7, 11) is 0. The second-order valence-electron chi connectivity index (χ2n) is 3.56. The quantitative estimate of drug-likeness (QED) is 0.627. The zero-order chi connectivity index (χ0) is 13.0. The Hall–Kier alpha value is -1.75. The summed E-state index contributed by atoms with van der Waals surface area (Å²) in [5.41, 5.74) is 0.240. The Morgan fingerprint density at radius 1 is 1.11 bits per heavy atom. The molecule has 1 aromatic heterocycles. The number of carbonyl (C=O) groups excluding carboxylic acids is 1. The standard InChI is InChI=1S/C13H9F2NOS/c14-10-1-3-12(4-2-10)18-8-13(17)9-5-11(15)7-16-6-9/h1-7H,8H2. The van der Waals surface area contributed by atoms with Crippen molar-refractivity contribution in [1.29, 1.82) is 0 Å². The molecule has 0 fully saturated rings. The first-order chi connectivity index (χ1) is 8.65. The van der Waals surface area contributed by atoms with Crippen LogP contribution in [0.15, 0.2) is 47.6 Å². The molecule has 0 saturated carbocycles. The Balaban J connectivity index is 1.98. The van der Waals surface area contributed by atoms with Crippen LogP contribution in [0.25, 0.3) is 0 Å². The fraction of sp³-hybridized carbons (Fsp3) is 0.0769. The topological polar surface area (TPSA) is 30.0 Å². The van der Waals surface area contributed by atoms with Crippen molar-refractivity contribution in [3.05, 3.63) is 59.9 Å². The summed E-state index contributed by atoms with van der Waals surface area (Å²) < 4.78 is 25.5. The largest absolute Gasteiger partial charge is 0.293 e. The Bertz CT molecular complexity index is 557. The average molecular weight is 265 g/mol. The molecule has 1 aromatic carbocycles. The van der Waals surface area contributed by atoms with Crippen LogP contribution in [-0.4, -0.2) is 16.5 Å². The summed E-state index contributed by atoms with van der Waals surface area (Å²) in [5.74, 6) is -0.902. The van der Waals surface area contributed by atoms with Gasteiger partial charge in [0, 0.05) is 16.7 Å². The molecule has 0 atom stereocenters. The Kier molecular flexibility index (Phi) is 4.04. The number of pyridine rings is 1. The molecule has 0 N–H and O–H groups in total. The number of ketones is 1. The molecule has 0 saturated heterocycles. The number of hydrogen-bond acceptors (Lipinski definition) is 3. The minimum Gasteiger partial charge on any atom is -0.293 e. The van der Waals surface area contributed by atoms with E-state index < -0.39 is 5.82 Å². The third-order valence-electron chi connectivity index (χ3n) is 2.21. The number of hydrogen-bond donors (Lipinski definition) is 0. The molecule has 5 heteroatoms. The van der Waals surface area contributed by atoms with Crippen molar-refractivity contribution in [2.75, 3.05) is 5.75 Å². The van der Waals surface area contributed by atoms with E-state index in [2.05, 4.69) is 4.98 Å². The van der Waals surface area contributed by atoms with Crippen LogP contribution < -0.4 is 0 Å². The van der Waals surface area contributed by atoms with E-state index in [-0.39, 0.29) is 22.9 Å². The molecule has 2 aromatic rings. The van der Waals surface area contributed by atoms with E-state index >= 15 is 0 Å². The maximum absolute atomic E-state index is 12.9. The van der Waals surface area contributed by atoms with Crippen LogP contribution in [0.2, 0.25) is 0 Å². The lowest BCUT2D eigenvalue weighted by Gasteiger charge is -2.01. The third-order valence-corrected chi connectivity index (χ3v) is 3.22. The van der Waals surface area contributed by atoms with Crippen molar-refractivity contribution in [1.82, 2.24) is 4.98 Å². The first-order valence-electron chi connectivity index (χ1n) is 5.17. The molecule has 1 heterocycles. The Morgan fingerprint density at radius 3 is 2.50 bits per heavy atom. The first-order valence-corrected chi connectivity index (χ1v) is 6.16. The summed E-state index contributed by atoms with van der Waals surface area (Å²) in [6.07, 6.45) is 2.38. The summed E-state index contributed by atoms with van der Waals surface area (Å²) in [6, 6.07) is 7.00. The van der Waals surface area contributed by atoms with Crippen molar-refractivity contribution in [2.45, 2.75) is 4.90 Å². The molecule has 2 nitrogen and oxygen atoms in total. The zero-order valence-corrected chi connectivity index (χ0v) is 10.1. The molecule has 0 amide bonds. The number of nitrogens with zero attached hydrogens (tertiary/aromatic N) is 1. The van der Waals surface area contributed by atoms with Crippen LogP contribution >= 0.6 is 11.8 Å². The lowest BCUT2D eigenvalue weighted by molar-refractivity contribution is 0.102. The number of Topliss-reactive ketones (excluding diaryl/α,β-unsaturated/α-hetero) is 1. The molecule has 0 spiro atoms. The van der Waals surface area contributed by atoms with E-state index in [1.165, 1.54) is 30.1 Å². The fourth-order valence-electron chi connectivity index (χ4n) is 1.33. The second-order valence-corrected chi connectivity index (χ2v) is 4.61. The molecule has 92 valence electrons. The van der Waals surface area contributed by atoms with Gasteiger partial charge in [-0.05, 0) is 30.3 Å². The minimum atomic E-state index is -0.535. The van der Waals surface area contributed by atoms with Crippen LogP contribution in [-0.2, 0) is 0 Å². The zero-order valence-electron chi connectivity index (χ0n) is 9.27. The number of rotatable bonds is 4. The number of aromatic nitrogens is 1. The van der Waals surface area contributed by atoms with E-state index in [0.717, 1.165) is 17.2 Å². The van der Waals surface area contributed by atoms with Crippen LogP contribution in [0.1, 0.15) is 10.4 Å². The molecular weight excluding hydrogens is 256 g/mol. The number of thioether (sulfide) groups is 1. The molecule has 0 aliphatic carbocycles. The van der Waals surface area contributed by atoms with Gasteiger partial charge in [-0.15, -0.1) is 11.8 Å². The van der Waals surface area contributed by atoms with Gasteiger partial charge in [-0.2, -0.15) is 0 Å². The summed E-state index contributed by atoms with van der Waals surface area (Å²) in [6.45, 7) is 0. The third kappa shape index (κ3) is 3.37. The summed E-state index contributed by atoms with van der Waals surface area (Å²) >= 11 is 1.27. The average Bonchev–Trinajstić information content (AvgIpc) is 2.38. The Labute approximate surface area is 107 Å². The monoisotopic (exact) mass is 265 g/mol. The lowest BCUT2D eigenvalue weighted by atomic mass is 10.2. The van der Waals surface area contributed by atoms with Crippen molar-refractivity contribution in [3.63, 3.8) is 0 Å². The summed E-state index contributed by atoms with van der Waals surface area (Å²) in [5, 5.41) is 0. The fourth-order valence-corrected chi connectivity index (χ4v) is 2.12.